The average Bonchev–Trinajstić information content (AvgIpc) is 2.82. The first kappa shape index (κ1) is 23.1. The Bertz CT molecular complexity index is 1560. The smallest absolute Gasteiger partial charge is 0.239 e. The Balaban J connectivity index is 1.51. The Kier molecular flexibility index (Phi) is 5.81. The van der Waals surface area contributed by atoms with E-state index in [4.69, 9.17) is 22.1 Å². The van der Waals surface area contributed by atoms with E-state index in [0.717, 1.165) is 0 Å². The Hall–Kier alpha value is -3.70. The van der Waals surface area contributed by atoms with Gasteiger partial charge in [-0.1, -0.05) is 23.7 Å². The molecule has 3 heterocycles. The van der Waals surface area contributed by atoms with Crippen LogP contribution in [-0.4, -0.2) is 42.8 Å². The van der Waals surface area contributed by atoms with Gasteiger partial charge in [-0.3, -0.25) is 0 Å². The van der Waals surface area contributed by atoms with Gasteiger partial charge in [0.2, 0.25) is 11.8 Å². The molecule has 1 aliphatic rings. The third-order valence-electron chi connectivity index (χ3n) is 5.41. The summed E-state index contributed by atoms with van der Waals surface area (Å²) in [6.45, 7) is 1.01. The second-order valence-corrected chi connectivity index (χ2v) is 10.6. The van der Waals surface area contributed by atoms with E-state index in [2.05, 4.69) is 25.6 Å². The van der Waals surface area contributed by atoms with E-state index in [0.29, 0.717) is 52.4 Å². The van der Waals surface area contributed by atoms with E-state index >= 15 is 4.39 Å². The lowest BCUT2D eigenvalue weighted by molar-refractivity contribution is 0.310. The fourth-order valence-electron chi connectivity index (χ4n) is 3.80. The van der Waals surface area contributed by atoms with Gasteiger partial charge in [-0.15, -0.1) is 0 Å². The van der Waals surface area contributed by atoms with Gasteiger partial charge in [0.1, 0.15) is 12.3 Å². The molecule has 0 fully saturated rings. The first-order chi connectivity index (χ1) is 16.7. The second kappa shape index (κ2) is 8.82. The lowest BCUT2D eigenvalue weighted by Gasteiger charge is -2.21. The summed E-state index contributed by atoms with van der Waals surface area (Å²) >= 11 is 6.56. The van der Waals surface area contributed by atoms with Crippen LogP contribution in [0.15, 0.2) is 42.7 Å². The molecule has 0 spiro atoms. The van der Waals surface area contributed by atoms with Crippen molar-refractivity contribution in [1.82, 2.24) is 15.0 Å². The Labute approximate surface area is 205 Å². The largest absolute Gasteiger partial charge is 0.474 e. The van der Waals surface area contributed by atoms with Gasteiger partial charge in [0.25, 0.3) is 0 Å². The minimum atomic E-state index is -3.13. The first-order valence-electron chi connectivity index (χ1n) is 10.5. The molecule has 0 bridgehead atoms. The summed E-state index contributed by atoms with van der Waals surface area (Å²) in [5.74, 6) is -0.0796. The SMILES string of the molecule is CS(=O)(=O)Cc1ccc(Nc2ncc3c(N)c(F)c(-c4cnc5c(c4Cl)NCCO5)cc3n2)cc1. The molecule has 0 saturated carbocycles. The number of sulfone groups is 1. The zero-order chi connectivity index (χ0) is 24.7. The van der Waals surface area contributed by atoms with Crippen LogP contribution in [0.3, 0.4) is 0 Å². The number of aromatic nitrogens is 3. The van der Waals surface area contributed by atoms with Gasteiger partial charge in [-0.05, 0) is 23.8 Å². The number of nitrogens with two attached hydrogens (primary N) is 1. The van der Waals surface area contributed by atoms with Crippen LogP contribution in [0.1, 0.15) is 5.56 Å². The predicted octanol–water partition coefficient (Wildman–Crippen LogP) is 4.16. The van der Waals surface area contributed by atoms with Gasteiger partial charge < -0.3 is 21.1 Å². The Morgan fingerprint density at radius 3 is 2.71 bits per heavy atom. The van der Waals surface area contributed by atoms with E-state index in [1.165, 1.54) is 18.6 Å². The fraction of sp³-hybridized carbons (Fsp3) is 0.174. The summed E-state index contributed by atoms with van der Waals surface area (Å²) < 4.78 is 43.7. The number of halogens is 2. The predicted molar refractivity (Wildman–Crippen MR) is 134 cm³/mol. The van der Waals surface area contributed by atoms with Crippen LogP contribution in [0.5, 0.6) is 5.88 Å². The van der Waals surface area contributed by atoms with E-state index < -0.39 is 15.7 Å². The maximum atomic E-state index is 15.3. The highest BCUT2D eigenvalue weighted by Gasteiger charge is 2.22. The summed E-state index contributed by atoms with van der Waals surface area (Å²) in [7, 11) is -3.13. The average molecular weight is 515 g/mol. The molecule has 0 aliphatic carbocycles. The summed E-state index contributed by atoms with van der Waals surface area (Å²) in [4.78, 5) is 13.0. The van der Waals surface area contributed by atoms with Crippen LogP contribution < -0.4 is 21.1 Å². The van der Waals surface area contributed by atoms with Crippen molar-refractivity contribution in [2.45, 2.75) is 5.75 Å². The third kappa shape index (κ3) is 4.64. The molecule has 9 nitrogen and oxygen atoms in total. The van der Waals surface area contributed by atoms with Crippen LogP contribution in [0, 0.1) is 5.82 Å². The van der Waals surface area contributed by atoms with Crippen molar-refractivity contribution in [2.75, 3.05) is 35.8 Å². The number of hydrogen-bond donors (Lipinski definition) is 3. The molecule has 35 heavy (non-hydrogen) atoms. The number of rotatable bonds is 5. The van der Waals surface area contributed by atoms with Crippen molar-refractivity contribution in [3.63, 3.8) is 0 Å². The molecule has 4 N–H and O–H groups in total. The number of hydrogen-bond acceptors (Lipinski definition) is 9. The van der Waals surface area contributed by atoms with Crippen molar-refractivity contribution in [3.05, 3.63) is 59.1 Å². The van der Waals surface area contributed by atoms with Crippen LogP contribution >= 0.6 is 11.6 Å². The Morgan fingerprint density at radius 2 is 1.97 bits per heavy atom. The molecule has 0 atom stereocenters. The highest BCUT2D eigenvalue weighted by atomic mass is 35.5. The van der Waals surface area contributed by atoms with Crippen molar-refractivity contribution >= 4 is 55.4 Å². The first-order valence-corrected chi connectivity index (χ1v) is 13.0. The molecular formula is C23H20ClFN6O3S. The molecule has 0 unspecified atom stereocenters. The van der Waals surface area contributed by atoms with Gasteiger partial charge >= 0.3 is 0 Å². The van der Waals surface area contributed by atoms with Gasteiger partial charge in [0.15, 0.2) is 15.7 Å². The van der Waals surface area contributed by atoms with E-state index in [9.17, 15) is 8.42 Å². The standard InChI is InChI=1S/C23H20ClFN6O3S/c1-35(32,33)11-12-2-4-13(5-3-12)30-23-29-10-16-17(31-23)8-14(19(25)20(16)26)15-9-28-22-21(18(15)24)27-6-7-34-22/h2-5,8-10,27H,6-7,11,26H2,1H3,(H,29,30,31). The molecule has 0 radical (unpaired) electrons. The molecule has 2 aromatic carbocycles. The highest BCUT2D eigenvalue weighted by Crippen LogP contribution is 2.42. The molecule has 4 aromatic rings. The molecular weight excluding hydrogens is 495 g/mol. The maximum Gasteiger partial charge on any atom is 0.239 e. The molecule has 180 valence electrons. The van der Waals surface area contributed by atoms with Crippen molar-refractivity contribution in [1.29, 1.82) is 0 Å². The number of pyridine rings is 1. The van der Waals surface area contributed by atoms with Crippen molar-refractivity contribution < 1.29 is 17.5 Å². The van der Waals surface area contributed by atoms with Gasteiger partial charge in [0.05, 0.1) is 22.0 Å². The summed E-state index contributed by atoms with van der Waals surface area (Å²) in [6, 6.07) is 8.41. The number of nitrogens with zero attached hydrogens (tertiary/aromatic N) is 3. The molecule has 5 rings (SSSR count). The summed E-state index contributed by atoms with van der Waals surface area (Å²) in [5, 5.41) is 6.81. The summed E-state index contributed by atoms with van der Waals surface area (Å²) in [5.41, 5.74) is 8.71. The van der Waals surface area contributed by atoms with Gasteiger partial charge in [-0.2, -0.15) is 0 Å². The molecule has 12 heteroatoms. The summed E-state index contributed by atoms with van der Waals surface area (Å²) in [6.07, 6.45) is 4.06. The molecule has 1 aliphatic heterocycles. The number of ether oxygens (including phenoxy) is 1. The minimum Gasteiger partial charge on any atom is -0.474 e. The molecule has 0 saturated heterocycles. The second-order valence-electron chi connectivity index (χ2n) is 8.11. The van der Waals surface area contributed by atoms with Crippen molar-refractivity contribution in [2.24, 2.45) is 0 Å². The van der Waals surface area contributed by atoms with Crippen LogP contribution in [0.2, 0.25) is 5.02 Å². The third-order valence-corrected chi connectivity index (χ3v) is 6.67. The number of fused-ring (bicyclic) bond motifs is 2. The monoisotopic (exact) mass is 514 g/mol. The quantitative estimate of drug-likeness (QED) is 0.336. The number of nitrogens with one attached hydrogen (secondary N) is 2. The highest BCUT2D eigenvalue weighted by molar-refractivity contribution is 7.89. The molecule has 2 aromatic heterocycles. The van der Waals surface area contributed by atoms with Crippen LogP contribution in [-0.2, 0) is 15.6 Å². The van der Waals surface area contributed by atoms with E-state index in [1.807, 2.05) is 0 Å². The number of anilines is 4. The molecule has 0 amide bonds. The lowest BCUT2D eigenvalue weighted by atomic mass is 10.0. The van der Waals surface area contributed by atoms with Crippen molar-refractivity contribution in [3.8, 4) is 17.0 Å². The topological polar surface area (TPSA) is 132 Å². The number of benzene rings is 2. The maximum absolute atomic E-state index is 15.3. The van der Waals surface area contributed by atoms with Crippen LogP contribution in [0.25, 0.3) is 22.0 Å². The zero-order valence-electron chi connectivity index (χ0n) is 18.5. The normalized spacial score (nSPS) is 13.1. The van der Waals surface area contributed by atoms with Gasteiger partial charge in [0, 0.05) is 47.4 Å². The fourth-order valence-corrected chi connectivity index (χ4v) is 4.89. The van der Waals surface area contributed by atoms with Crippen LogP contribution in [0.4, 0.5) is 27.4 Å². The minimum absolute atomic E-state index is 0.0465. The number of nitrogen functional groups attached to an aromatic ring is 1. The Morgan fingerprint density at radius 1 is 1.20 bits per heavy atom. The van der Waals surface area contributed by atoms with E-state index in [-0.39, 0.29) is 28.0 Å². The zero-order valence-corrected chi connectivity index (χ0v) is 20.0. The van der Waals surface area contributed by atoms with Gasteiger partial charge in [-0.25, -0.2) is 27.8 Å². The van der Waals surface area contributed by atoms with E-state index in [1.54, 1.807) is 30.3 Å². The lowest BCUT2D eigenvalue weighted by Crippen LogP contribution is -2.19.